The van der Waals surface area contributed by atoms with Crippen molar-refractivity contribution in [1.29, 1.82) is 0 Å². The molecule has 0 aliphatic rings. The highest BCUT2D eigenvalue weighted by atomic mass is 35.5. The van der Waals surface area contributed by atoms with Crippen molar-refractivity contribution in [2.45, 2.75) is 17.0 Å². The average Bonchev–Trinajstić information content (AvgIpc) is 2.26. The van der Waals surface area contributed by atoms with E-state index in [2.05, 4.69) is 9.97 Å². The highest BCUT2D eigenvalue weighted by Gasteiger charge is 2.08. The Balaban J connectivity index is 2.31. The van der Waals surface area contributed by atoms with E-state index in [1.165, 1.54) is 24.8 Å². The zero-order chi connectivity index (χ0) is 14.0. The van der Waals surface area contributed by atoms with Crippen LogP contribution in [0.2, 0.25) is 5.02 Å². The van der Waals surface area contributed by atoms with Crippen LogP contribution in [0.4, 0.5) is 5.82 Å². The standard InChI is InChI=1S/C12H10ClN3O2S/c1-6(17)8-3-2-7(4-9(8)13)19-12-15-10(14)5-11(18)16-12/h2-5H,1H3,(H3,14,15,16,18). The van der Waals surface area contributed by atoms with Crippen molar-refractivity contribution in [2.24, 2.45) is 0 Å². The Hall–Kier alpha value is -1.79. The largest absolute Gasteiger partial charge is 0.383 e. The van der Waals surface area contributed by atoms with Crippen molar-refractivity contribution in [3.63, 3.8) is 0 Å². The van der Waals surface area contributed by atoms with Crippen molar-refractivity contribution in [1.82, 2.24) is 9.97 Å². The summed E-state index contributed by atoms with van der Waals surface area (Å²) in [5.74, 6) is 0.0507. The number of nitrogens with zero attached hydrogens (tertiary/aromatic N) is 1. The molecule has 0 atom stereocenters. The topological polar surface area (TPSA) is 88.8 Å². The molecule has 0 aliphatic heterocycles. The molecule has 1 aromatic heterocycles. The monoisotopic (exact) mass is 295 g/mol. The van der Waals surface area contributed by atoms with E-state index in [1.807, 2.05) is 0 Å². The Bertz CT molecular complexity index is 700. The number of nitrogens with one attached hydrogen (secondary N) is 1. The van der Waals surface area contributed by atoms with E-state index < -0.39 is 0 Å². The third-order valence-corrected chi connectivity index (χ3v) is 3.46. The van der Waals surface area contributed by atoms with Gasteiger partial charge in [-0.2, -0.15) is 0 Å². The molecule has 5 nitrogen and oxygen atoms in total. The number of nitrogen functional groups attached to an aromatic ring is 1. The molecule has 3 N–H and O–H groups in total. The summed E-state index contributed by atoms with van der Waals surface area (Å²) in [5.41, 5.74) is 5.63. The fourth-order valence-electron chi connectivity index (χ4n) is 1.46. The maximum atomic E-state index is 11.3. The van der Waals surface area contributed by atoms with Crippen LogP contribution in [-0.4, -0.2) is 15.8 Å². The summed E-state index contributed by atoms with van der Waals surface area (Å²) in [7, 11) is 0. The molecule has 0 saturated carbocycles. The molecule has 98 valence electrons. The van der Waals surface area contributed by atoms with Crippen molar-refractivity contribution < 1.29 is 4.79 Å². The molecule has 0 radical (unpaired) electrons. The zero-order valence-electron chi connectivity index (χ0n) is 9.94. The van der Waals surface area contributed by atoms with Gasteiger partial charge in [-0.25, -0.2) is 4.98 Å². The number of ketones is 1. The molecule has 0 bridgehead atoms. The summed E-state index contributed by atoms with van der Waals surface area (Å²) in [4.78, 5) is 29.8. The predicted molar refractivity (Wildman–Crippen MR) is 74.8 cm³/mol. The van der Waals surface area contributed by atoms with Crippen molar-refractivity contribution >= 4 is 35.0 Å². The number of nitrogens with two attached hydrogens (primary N) is 1. The molecule has 2 rings (SSSR count). The number of carbonyl (C=O) groups is 1. The molecule has 0 aliphatic carbocycles. The number of aromatic amines is 1. The third-order valence-electron chi connectivity index (χ3n) is 2.27. The minimum atomic E-state index is -0.318. The number of anilines is 1. The lowest BCUT2D eigenvalue weighted by atomic mass is 10.1. The first kappa shape index (κ1) is 13.6. The van der Waals surface area contributed by atoms with Gasteiger partial charge in [-0.15, -0.1) is 0 Å². The van der Waals surface area contributed by atoms with E-state index in [9.17, 15) is 9.59 Å². The maximum absolute atomic E-state index is 11.3. The molecule has 0 saturated heterocycles. The van der Waals surface area contributed by atoms with E-state index in [0.29, 0.717) is 15.7 Å². The van der Waals surface area contributed by atoms with Gasteiger partial charge in [-0.1, -0.05) is 23.4 Å². The van der Waals surface area contributed by atoms with Gasteiger partial charge in [0.1, 0.15) is 5.82 Å². The van der Waals surface area contributed by atoms with Crippen LogP contribution in [0.3, 0.4) is 0 Å². The number of carbonyl (C=O) groups excluding carboxylic acids is 1. The molecular weight excluding hydrogens is 286 g/mol. The minimum Gasteiger partial charge on any atom is -0.383 e. The van der Waals surface area contributed by atoms with Crippen molar-refractivity contribution in [3.05, 3.63) is 45.2 Å². The summed E-state index contributed by atoms with van der Waals surface area (Å²) < 4.78 is 0. The highest BCUT2D eigenvalue weighted by Crippen LogP contribution is 2.28. The first-order valence-electron chi connectivity index (χ1n) is 5.31. The Morgan fingerprint density at radius 3 is 2.74 bits per heavy atom. The van der Waals surface area contributed by atoms with Crippen molar-refractivity contribution in [3.8, 4) is 0 Å². The van der Waals surface area contributed by atoms with Gasteiger partial charge >= 0.3 is 0 Å². The molecule has 0 fully saturated rings. The zero-order valence-corrected chi connectivity index (χ0v) is 11.5. The average molecular weight is 296 g/mol. The van der Waals surface area contributed by atoms with E-state index in [0.717, 1.165) is 4.90 Å². The van der Waals surface area contributed by atoms with E-state index in [4.69, 9.17) is 17.3 Å². The predicted octanol–water partition coefficient (Wildman–Crippen LogP) is 2.36. The van der Waals surface area contributed by atoms with Gasteiger partial charge in [-0.3, -0.25) is 9.59 Å². The summed E-state index contributed by atoms with van der Waals surface area (Å²) >= 11 is 7.21. The molecule has 0 unspecified atom stereocenters. The molecule has 2 aromatic rings. The first-order chi connectivity index (χ1) is 8.95. The van der Waals surface area contributed by atoms with E-state index >= 15 is 0 Å². The minimum absolute atomic E-state index is 0.1000. The van der Waals surface area contributed by atoms with Crippen LogP contribution in [0.15, 0.2) is 39.1 Å². The number of H-pyrrole nitrogens is 1. The maximum Gasteiger partial charge on any atom is 0.253 e. The molecule has 0 spiro atoms. The SMILES string of the molecule is CC(=O)c1ccc(Sc2nc(N)cc(=O)[nH]2)cc1Cl. The van der Waals surface area contributed by atoms with Crippen LogP contribution in [0.5, 0.6) is 0 Å². The lowest BCUT2D eigenvalue weighted by Gasteiger charge is -2.04. The number of hydrogen-bond donors (Lipinski definition) is 2. The van der Waals surface area contributed by atoms with Crippen LogP contribution < -0.4 is 11.3 Å². The summed E-state index contributed by atoms with van der Waals surface area (Å²) in [6.45, 7) is 1.45. The fourth-order valence-corrected chi connectivity index (χ4v) is 2.68. The highest BCUT2D eigenvalue weighted by molar-refractivity contribution is 7.99. The molecule has 1 aromatic carbocycles. The van der Waals surface area contributed by atoms with Gasteiger partial charge in [0.25, 0.3) is 5.56 Å². The number of rotatable bonds is 3. The second kappa shape index (κ2) is 5.46. The summed E-state index contributed by atoms with van der Waals surface area (Å²) in [5, 5.41) is 0.736. The lowest BCUT2D eigenvalue weighted by Crippen LogP contribution is -2.09. The third kappa shape index (κ3) is 3.36. The second-order valence-electron chi connectivity index (χ2n) is 3.78. The molecule has 19 heavy (non-hydrogen) atoms. The lowest BCUT2D eigenvalue weighted by molar-refractivity contribution is 0.101. The quantitative estimate of drug-likeness (QED) is 0.670. The number of benzene rings is 1. The van der Waals surface area contributed by atoms with Crippen LogP contribution in [0, 0.1) is 0 Å². The van der Waals surface area contributed by atoms with Crippen LogP contribution in [0.25, 0.3) is 0 Å². The Kier molecular flexibility index (Phi) is 3.92. The Labute approximate surface area is 118 Å². The van der Waals surface area contributed by atoms with Gasteiger partial charge in [-0.05, 0) is 25.1 Å². The smallest absolute Gasteiger partial charge is 0.253 e. The number of Topliss-reactive ketones (excluding diaryl/α,β-unsaturated/α-hetero) is 1. The molecule has 1 heterocycles. The Morgan fingerprint density at radius 1 is 1.42 bits per heavy atom. The van der Waals surface area contributed by atoms with E-state index in [1.54, 1.807) is 18.2 Å². The van der Waals surface area contributed by atoms with Gasteiger partial charge < -0.3 is 10.7 Å². The first-order valence-corrected chi connectivity index (χ1v) is 6.50. The second-order valence-corrected chi connectivity index (χ2v) is 5.24. The molecular formula is C12H10ClN3O2S. The van der Waals surface area contributed by atoms with E-state index in [-0.39, 0.29) is 17.2 Å². The molecule has 7 heteroatoms. The fraction of sp³-hybridized carbons (Fsp3) is 0.0833. The van der Waals surface area contributed by atoms with Crippen molar-refractivity contribution in [2.75, 3.05) is 5.73 Å². The number of aromatic nitrogens is 2. The van der Waals surface area contributed by atoms with Crippen LogP contribution >= 0.6 is 23.4 Å². The number of halogens is 1. The Morgan fingerprint density at radius 2 is 2.16 bits per heavy atom. The summed E-state index contributed by atoms with van der Waals surface area (Å²) in [6.07, 6.45) is 0. The van der Waals surface area contributed by atoms with Gasteiger partial charge in [0.05, 0.1) is 5.02 Å². The summed E-state index contributed by atoms with van der Waals surface area (Å²) in [6, 6.07) is 6.22. The normalized spacial score (nSPS) is 10.4. The number of hydrogen-bond acceptors (Lipinski definition) is 5. The van der Waals surface area contributed by atoms with Crippen LogP contribution in [0.1, 0.15) is 17.3 Å². The van der Waals surface area contributed by atoms with Gasteiger partial charge in [0.15, 0.2) is 10.9 Å². The van der Waals surface area contributed by atoms with Gasteiger partial charge in [0.2, 0.25) is 0 Å². The molecule has 0 amide bonds. The van der Waals surface area contributed by atoms with Gasteiger partial charge in [0, 0.05) is 16.5 Å². The van der Waals surface area contributed by atoms with Crippen LogP contribution in [-0.2, 0) is 0 Å².